The van der Waals surface area contributed by atoms with Gasteiger partial charge in [0.1, 0.15) is 5.82 Å². The van der Waals surface area contributed by atoms with Gasteiger partial charge in [-0.15, -0.1) is 0 Å². The van der Waals surface area contributed by atoms with Gasteiger partial charge in [-0.3, -0.25) is 4.79 Å². The summed E-state index contributed by atoms with van der Waals surface area (Å²) in [5.41, 5.74) is 6.02. The van der Waals surface area contributed by atoms with Crippen LogP contribution in [0.15, 0.2) is 24.8 Å². The summed E-state index contributed by atoms with van der Waals surface area (Å²) in [5, 5.41) is 0. The highest BCUT2D eigenvalue weighted by Gasteiger charge is 2.09. The van der Waals surface area contributed by atoms with E-state index < -0.39 is 5.91 Å². The van der Waals surface area contributed by atoms with Crippen molar-refractivity contribution in [3.63, 3.8) is 0 Å². The maximum absolute atomic E-state index is 13.0. The largest absolute Gasteiger partial charge is 0.366 e. The van der Waals surface area contributed by atoms with E-state index in [0.717, 1.165) is 0 Å². The summed E-state index contributed by atoms with van der Waals surface area (Å²) in [4.78, 5) is 10.8. The van der Waals surface area contributed by atoms with Gasteiger partial charge < -0.3 is 5.73 Å². The van der Waals surface area contributed by atoms with E-state index in [1.807, 2.05) is 0 Å². The fraction of sp³-hybridized carbons (Fsp3) is 0.100. The summed E-state index contributed by atoms with van der Waals surface area (Å²) in [6, 6.07) is 4.46. The van der Waals surface area contributed by atoms with Gasteiger partial charge >= 0.3 is 0 Å². The van der Waals surface area contributed by atoms with E-state index >= 15 is 0 Å². The topological polar surface area (TPSA) is 43.1 Å². The third-order valence-corrected chi connectivity index (χ3v) is 1.89. The number of halogens is 1. The predicted molar refractivity (Wildman–Crippen MR) is 49.4 cm³/mol. The molecule has 0 aliphatic heterocycles. The molecule has 1 aromatic rings. The van der Waals surface area contributed by atoms with Crippen LogP contribution in [0, 0.1) is 12.7 Å². The number of primary amides is 1. The molecule has 0 aliphatic carbocycles. The molecule has 1 rings (SSSR count). The molecule has 1 amide bonds. The Hall–Kier alpha value is -1.64. The zero-order valence-corrected chi connectivity index (χ0v) is 7.30. The average Bonchev–Trinajstić information content (AvgIpc) is 2.08. The van der Waals surface area contributed by atoms with Gasteiger partial charge in [0.15, 0.2) is 0 Å². The number of amides is 1. The summed E-state index contributed by atoms with van der Waals surface area (Å²) >= 11 is 0. The Morgan fingerprint density at radius 3 is 2.69 bits per heavy atom. The lowest BCUT2D eigenvalue weighted by molar-refractivity contribution is -0.112. The van der Waals surface area contributed by atoms with Crippen molar-refractivity contribution in [1.29, 1.82) is 0 Å². The lowest BCUT2D eigenvalue weighted by Crippen LogP contribution is -2.13. The molecule has 13 heavy (non-hydrogen) atoms. The van der Waals surface area contributed by atoms with Crippen LogP contribution in [0.3, 0.4) is 0 Å². The van der Waals surface area contributed by atoms with E-state index in [0.29, 0.717) is 11.1 Å². The fourth-order valence-corrected chi connectivity index (χ4v) is 1.07. The van der Waals surface area contributed by atoms with Crippen molar-refractivity contribution < 1.29 is 9.18 Å². The Labute approximate surface area is 75.9 Å². The van der Waals surface area contributed by atoms with Crippen LogP contribution >= 0.6 is 0 Å². The van der Waals surface area contributed by atoms with Crippen LogP contribution < -0.4 is 5.73 Å². The lowest BCUT2D eigenvalue weighted by Gasteiger charge is -2.05. The number of hydrogen-bond donors (Lipinski definition) is 1. The maximum Gasteiger partial charge on any atom is 0.248 e. The molecule has 0 saturated carbocycles. The minimum absolute atomic E-state index is 0.136. The molecule has 0 fully saturated rings. The minimum atomic E-state index is -0.631. The minimum Gasteiger partial charge on any atom is -0.366 e. The number of benzene rings is 1. The van der Waals surface area contributed by atoms with E-state index in [1.54, 1.807) is 13.0 Å². The zero-order chi connectivity index (χ0) is 10.0. The smallest absolute Gasteiger partial charge is 0.248 e. The number of carbonyl (C=O) groups excluding carboxylic acids is 1. The molecule has 2 N–H and O–H groups in total. The molecule has 0 unspecified atom stereocenters. The van der Waals surface area contributed by atoms with Crippen molar-refractivity contribution in [2.24, 2.45) is 5.73 Å². The third kappa shape index (κ3) is 1.75. The Kier molecular flexibility index (Phi) is 2.46. The van der Waals surface area contributed by atoms with Gasteiger partial charge in [-0.1, -0.05) is 18.7 Å². The predicted octanol–water partition coefficient (Wildman–Crippen LogP) is 1.63. The Morgan fingerprint density at radius 2 is 2.15 bits per heavy atom. The van der Waals surface area contributed by atoms with Crippen molar-refractivity contribution >= 4 is 11.5 Å². The summed E-state index contributed by atoms with van der Waals surface area (Å²) in [5.74, 6) is -0.992. The Morgan fingerprint density at radius 1 is 1.54 bits per heavy atom. The lowest BCUT2D eigenvalue weighted by atomic mass is 10.0. The van der Waals surface area contributed by atoms with Gasteiger partial charge in [0.2, 0.25) is 5.91 Å². The monoisotopic (exact) mass is 179 g/mol. The zero-order valence-electron chi connectivity index (χ0n) is 7.30. The molecule has 2 nitrogen and oxygen atoms in total. The number of rotatable bonds is 2. The van der Waals surface area contributed by atoms with E-state index in [1.165, 1.54) is 12.1 Å². The second kappa shape index (κ2) is 3.39. The van der Waals surface area contributed by atoms with E-state index in [2.05, 4.69) is 6.58 Å². The van der Waals surface area contributed by atoms with Gasteiger partial charge in [0.05, 0.1) is 0 Å². The normalized spacial score (nSPS) is 9.69. The van der Waals surface area contributed by atoms with Gasteiger partial charge in [0, 0.05) is 5.57 Å². The summed E-state index contributed by atoms with van der Waals surface area (Å²) in [6.07, 6.45) is 0. The van der Waals surface area contributed by atoms with Crippen LogP contribution in [-0.2, 0) is 4.79 Å². The van der Waals surface area contributed by atoms with Crippen molar-refractivity contribution in [3.8, 4) is 0 Å². The molecule has 0 saturated heterocycles. The Bertz CT molecular complexity index is 371. The molecular formula is C10H10FNO. The quantitative estimate of drug-likeness (QED) is 0.689. The van der Waals surface area contributed by atoms with Crippen molar-refractivity contribution in [1.82, 2.24) is 0 Å². The number of hydrogen-bond acceptors (Lipinski definition) is 1. The summed E-state index contributed by atoms with van der Waals surface area (Å²) in [7, 11) is 0. The SMILES string of the molecule is C=C(C(N)=O)c1cccc(F)c1C. The van der Waals surface area contributed by atoms with Crippen LogP contribution in [0.2, 0.25) is 0 Å². The van der Waals surface area contributed by atoms with Gasteiger partial charge in [-0.2, -0.15) is 0 Å². The third-order valence-electron chi connectivity index (χ3n) is 1.89. The molecule has 0 aliphatic rings. The van der Waals surface area contributed by atoms with Crippen LogP contribution in [-0.4, -0.2) is 5.91 Å². The molecule has 0 aromatic heterocycles. The first-order valence-corrected chi connectivity index (χ1v) is 3.78. The van der Waals surface area contributed by atoms with Gasteiger partial charge in [-0.25, -0.2) is 4.39 Å². The number of carbonyl (C=O) groups is 1. The highest BCUT2D eigenvalue weighted by atomic mass is 19.1. The van der Waals surface area contributed by atoms with Crippen LogP contribution in [0.1, 0.15) is 11.1 Å². The Balaban J connectivity index is 3.23. The van der Waals surface area contributed by atoms with Crippen LogP contribution in [0.4, 0.5) is 4.39 Å². The maximum atomic E-state index is 13.0. The van der Waals surface area contributed by atoms with Crippen molar-refractivity contribution in [3.05, 3.63) is 41.7 Å². The molecule has 0 radical (unpaired) electrons. The van der Waals surface area contributed by atoms with Crippen molar-refractivity contribution in [2.45, 2.75) is 6.92 Å². The first-order valence-electron chi connectivity index (χ1n) is 3.78. The second-order valence-electron chi connectivity index (χ2n) is 2.76. The highest BCUT2D eigenvalue weighted by Crippen LogP contribution is 2.18. The van der Waals surface area contributed by atoms with E-state index in [-0.39, 0.29) is 11.4 Å². The summed E-state index contributed by atoms with van der Waals surface area (Å²) in [6.45, 7) is 5.07. The molecule has 0 bridgehead atoms. The second-order valence-corrected chi connectivity index (χ2v) is 2.76. The molecule has 3 heteroatoms. The molecule has 68 valence electrons. The molecule has 0 atom stereocenters. The number of nitrogens with two attached hydrogens (primary N) is 1. The van der Waals surface area contributed by atoms with Crippen LogP contribution in [0.5, 0.6) is 0 Å². The van der Waals surface area contributed by atoms with Gasteiger partial charge in [0.25, 0.3) is 0 Å². The first-order chi connectivity index (χ1) is 6.04. The molecular weight excluding hydrogens is 169 g/mol. The van der Waals surface area contributed by atoms with E-state index in [4.69, 9.17) is 5.73 Å². The first kappa shape index (κ1) is 9.45. The standard InChI is InChI=1S/C10H10FNO/c1-6-8(7(2)10(12)13)4-3-5-9(6)11/h3-5H,2H2,1H3,(H2,12,13). The van der Waals surface area contributed by atoms with Crippen molar-refractivity contribution in [2.75, 3.05) is 0 Å². The molecule has 0 heterocycles. The summed E-state index contributed by atoms with van der Waals surface area (Å²) < 4.78 is 13.0. The average molecular weight is 179 g/mol. The molecule has 0 spiro atoms. The highest BCUT2D eigenvalue weighted by molar-refractivity contribution is 6.18. The van der Waals surface area contributed by atoms with E-state index in [9.17, 15) is 9.18 Å². The van der Waals surface area contributed by atoms with Crippen LogP contribution in [0.25, 0.3) is 5.57 Å². The molecule has 1 aromatic carbocycles. The fourth-order valence-electron chi connectivity index (χ4n) is 1.07. The van der Waals surface area contributed by atoms with Gasteiger partial charge in [-0.05, 0) is 24.1 Å².